The average Bonchev–Trinajstić information content (AvgIpc) is 3.28. The molecule has 4 rings (SSSR count). The number of amides is 2. The van der Waals surface area contributed by atoms with Gasteiger partial charge in [-0.3, -0.25) is 19.3 Å². The monoisotopic (exact) mass is 483 g/mol. The molecular weight excluding hydrogens is 462 g/mol. The summed E-state index contributed by atoms with van der Waals surface area (Å²) < 4.78 is 16.4. The lowest BCUT2D eigenvalue weighted by atomic mass is 10.1. The van der Waals surface area contributed by atoms with Crippen molar-refractivity contribution in [3.8, 4) is 11.5 Å². The first-order valence-electron chi connectivity index (χ1n) is 10.5. The molecule has 34 heavy (non-hydrogen) atoms. The average molecular weight is 484 g/mol. The van der Waals surface area contributed by atoms with Crippen LogP contribution in [0.5, 0.6) is 11.5 Å². The first-order chi connectivity index (χ1) is 16.3. The second-order valence-corrected chi connectivity index (χ2v) is 8.31. The SMILES string of the molecule is CC(C)NC(=O)c1coc(CN2C(=O)COc3ccc(C(=O)COc4ccc(Cl)cc4)cc32)n1. The third-order valence-electron chi connectivity index (χ3n) is 4.91. The van der Waals surface area contributed by atoms with E-state index in [9.17, 15) is 14.4 Å². The van der Waals surface area contributed by atoms with Crippen molar-refractivity contribution in [1.82, 2.24) is 10.3 Å². The number of benzene rings is 2. The summed E-state index contributed by atoms with van der Waals surface area (Å²) in [7, 11) is 0. The molecule has 0 radical (unpaired) electrons. The van der Waals surface area contributed by atoms with Crippen LogP contribution in [-0.2, 0) is 11.3 Å². The van der Waals surface area contributed by atoms with Crippen molar-refractivity contribution in [2.75, 3.05) is 18.1 Å². The van der Waals surface area contributed by atoms with E-state index in [0.717, 1.165) is 0 Å². The number of nitrogens with zero attached hydrogens (tertiary/aromatic N) is 2. The lowest BCUT2D eigenvalue weighted by molar-refractivity contribution is -0.121. The molecule has 9 nitrogen and oxygen atoms in total. The summed E-state index contributed by atoms with van der Waals surface area (Å²) in [5.41, 5.74) is 0.869. The Morgan fingerprint density at radius 3 is 2.71 bits per heavy atom. The molecule has 0 saturated heterocycles. The zero-order valence-electron chi connectivity index (χ0n) is 18.5. The van der Waals surface area contributed by atoms with Gasteiger partial charge in [0.2, 0.25) is 5.89 Å². The Labute approximate surface area is 200 Å². The van der Waals surface area contributed by atoms with Crippen LogP contribution in [0.25, 0.3) is 0 Å². The zero-order valence-corrected chi connectivity index (χ0v) is 19.3. The minimum Gasteiger partial charge on any atom is -0.485 e. The fourth-order valence-electron chi connectivity index (χ4n) is 3.27. The first-order valence-corrected chi connectivity index (χ1v) is 10.9. The number of carbonyl (C=O) groups is 3. The van der Waals surface area contributed by atoms with E-state index >= 15 is 0 Å². The van der Waals surface area contributed by atoms with Crippen LogP contribution < -0.4 is 19.7 Å². The maximum Gasteiger partial charge on any atom is 0.273 e. The van der Waals surface area contributed by atoms with Crippen LogP contribution in [0.3, 0.4) is 0 Å². The van der Waals surface area contributed by atoms with Crippen LogP contribution in [0.15, 0.2) is 53.1 Å². The van der Waals surface area contributed by atoms with Gasteiger partial charge in [-0.15, -0.1) is 0 Å². The van der Waals surface area contributed by atoms with E-state index in [2.05, 4.69) is 10.3 Å². The summed E-state index contributed by atoms with van der Waals surface area (Å²) in [5.74, 6) is 0.154. The highest BCUT2D eigenvalue weighted by Gasteiger charge is 2.28. The smallest absolute Gasteiger partial charge is 0.273 e. The molecule has 0 bridgehead atoms. The van der Waals surface area contributed by atoms with Gasteiger partial charge in [0.05, 0.1) is 5.69 Å². The molecule has 1 N–H and O–H groups in total. The number of ether oxygens (including phenoxy) is 2. The third kappa shape index (κ3) is 5.37. The van der Waals surface area contributed by atoms with Crippen molar-refractivity contribution in [1.29, 1.82) is 0 Å². The number of hydrogen-bond donors (Lipinski definition) is 1. The van der Waals surface area contributed by atoms with Gasteiger partial charge >= 0.3 is 0 Å². The number of halogens is 1. The van der Waals surface area contributed by atoms with Gasteiger partial charge in [0, 0.05) is 16.6 Å². The molecule has 0 spiro atoms. The Morgan fingerprint density at radius 2 is 1.97 bits per heavy atom. The van der Waals surface area contributed by atoms with Crippen molar-refractivity contribution in [2.45, 2.75) is 26.4 Å². The molecule has 2 heterocycles. The van der Waals surface area contributed by atoms with Crippen molar-refractivity contribution < 1.29 is 28.3 Å². The van der Waals surface area contributed by atoms with E-state index in [0.29, 0.717) is 27.8 Å². The quantitative estimate of drug-likeness (QED) is 0.487. The van der Waals surface area contributed by atoms with E-state index in [1.54, 1.807) is 42.5 Å². The number of nitrogens with one attached hydrogen (secondary N) is 1. The summed E-state index contributed by atoms with van der Waals surface area (Å²) in [6.45, 7) is 3.29. The first kappa shape index (κ1) is 23.3. The maximum absolute atomic E-state index is 12.7. The standard InChI is InChI=1S/C24H22ClN3O6/c1-14(2)26-24(31)18-11-34-22(27-18)10-28-19-9-15(3-8-21(19)33-13-23(28)30)20(29)12-32-17-6-4-16(25)5-7-17/h3-9,11,14H,10,12-13H2,1-2H3,(H,26,31). The van der Waals surface area contributed by atoms with Crippen LogP contribution in [0.2, 0.25) is 5.02 Å². The summed E-state index contributed by atoms with van der Waals surface area (Å²) in [4.78, 5) is 43.0. The molecule has 0 unspecified atom stereocenters. The highest BCUT2D eigenvalue weighted by atomic mass is 35.5. The minimum absolute atomic E-state index is 0.0247. The molecule has 1 aliphatic rings. The molecule has 0 atom stereocenters. The lowest BCUT2D eigenvalue weighted by Gasteiger charge is -2.28. The van der Waals surface area contributed by atoms with Crippen molar-refractivity contribution in [2.24, 2.45) is 0 Å². The minimum atomic E-state index is -0.368. The molecule has 3 aromatic rings. The molecule has 2 aromatic carbocycles. The Bertz CT molecular complexity index is 1220. The molecule has 1 aliphatic heterocycles. The van der Waals surface area contributed by atoms with Gasteiger partial charge in [-0.25, -0.2) is 4.98 Å². The molecule has 0 fully saturated rings. The van der Waals surface area contributed by atoms with E-state index in [4.69, 9.17) is 25.5 Å². The summed E-state index contributed by atoms with van der Waals surface area (Å²) in [6, 6.07) is 11.4. The molecule has 0 saturated carbocycles. The van der Waals surface area contributed by atoms with Gasteiger partial charge < -0.3 is 19.2 Å². The van der Waals surface area contributed by atoms with Crippen molar-refractivity contribution in [3.05, 3.63) is 70.9 Å². The van der Waals surface area contributed by atoms with Gasteiger partial charge in [0.1, 0.15) is 24.3 Å². The largest absolute Gasteiger partial charge is 0.485 e. The van der Waals surface area contributed by atoms with E-state index in [-0.39, 0.29) is 55.0 Å². The molecular formula is C24H22ClN3O6. The topological polar surface area (TPSA) is 111 Å². The fraction of sp³-hybridized carbons (Fsp3) is 0.250. The predicted octanol–water partition coefficient (Wildman–Crippen LogP) is 3.65. The maximum atomic E-state index is 12.7. The molecule has 176 valence electrons. The molecule has 1 aromatic heterocycles. The number of anilines is 1. The summed E-state index contributed by atoms with van der Waals surface area (Å²) in [5, 5.41) is 3.30. The predicted molar refractivity (Wildman–Crippen MR) is 124 cm³/mol. The van der Waals surface area contributed by atoms with Crippen molar-refractivity contribution in [3.63, 3.8) is 0 Å². The van der Waals surface area contributed by atoms with Crippen LogP contribution in [-0.4, -0.2) is 41.8 Å². The van der Waals surface area contributed by atoms with Crippen molar-refractivity contribution >= 4 is 34.9 Å². The van der Waals surface area contributed by atoms with Gasteiger partial charge in [0.15, 0.2) is 24.7 Å². The third-order valence-corrected chi connectivity index (χ3v) is 5.16. The fourth-order valence-corrected chi connectivity index (χ4v) is 3.40. The highest BCUT2D eigenvalue weighted by Crippen LogP contribution is 2.34. The summed E-state index contributed by atoms with van der Waals surface area (Å²) >= 11 is 5.86. The van der Waals surface area contributed by atoms with Gasteiger partial charge in [-0.1, -0.05) is 11.6 Å². The number of Topliss-reactive ketones (excluding diaryl/α,β-unsaturated/α-hetero) is 1. The van der Waals surface area contributed by atoms with Gasteiger partial charge in [-0.05, 0) is 56.3 Å². The lowest BCUT2D eigenvalue weighted by Crippen LogP contribution is -2.38. The molecule has 10 heteroatoms. The Kier molecular flexibility index (Phi) is 6.83. The van der Waals surface area contributed by atoms with Crippen LogP contribution >= 0.6 is 11.6 Å². The van der Waals surface area contributed by atoms with Gasteiger partial charge in [0.25, 0.3) is 11.8 Å². The van der Waals surface area contributed by atoms with E-state index < -0.39 is 0 Å². The van der Waals surface area contributed by atoms with Crippen LogP contribution in [0.1, 0.15) is 40.6 Å². The zero-order chi connectivity index (χ0) is 24.2. The number of ketones is 1. The number of oxazole rings is 1. The Hall–Kier alpha value is -3.85. The van der Waals surface area contributed by atoms with Crippen LogP contribution in [0, 0.1) is 0 Å². The normalized spacial score (nSPS) is 12.8. The second-order valence-electron chi connectivity index (χ2n) is 7.87. The highest BCUT2D eigenvalue weighted by molar-refractivity contribution is 6.30. The number of aromatic nitrogens is 1. The molecule has 2 amide bonds. The number of fused-ring (bicyclic) bond motifs is 1. The number of rotatable bonds is 8. The summed E-state index contributed by atoms with van der Waals surface area (Å²) in [6.07, 6.45) is 1.24. The number of hydrogen-bond acceptors (Lipinski definition) is 7. The van der Waals surface area contributed by atoms with Crippen LogP contribution in [0.4, 0.5) is 5.69 Å². The van der Waals surface area contributed by atoms with E-state index in [1.165, 1.54) is 11.2 Å². The Morgan fingerprint density at radius 1 is 1.21 bits per heavy atom. The Balaban J connectivity index is 1.50. The number of carbonyl (C=O) groups excluding carboxylic acids is 3. The van der Waals surface area contributed by atoms with Gasteiger partial charge in [-0.2, -0.15) is 0 Å². The second kappa shape index (κ2) is 9.96. The van der Waals surface area contributed by atoms with E-state index in [1.807, 2.05) is 13.8 Å². The molecule has 0 aliphatic carbocycles.